The van der Waals surface area contributed by atoms with Crippen molar-refractivity contribution >= 4 is 22.7 Å². The van der Waals surface area contributed by atoms with E-state index in [1.165, 1.54) is 0 Å². The Kier molecular flexibility index (Phi) is 6.94. The van der Waals surface area contributed by atoms with E-state index in [1.807, 2.05) is 29.9 Å². The van der Waals surface area contributed by atoms with Crippen molar-refractivity contribution in [3.63, 3.8) is 0 Å². The molecule has 6 N–H and O–H groups in total. The van der Waals surface area contributed by atoms with E-state index in [9.17, 15) is 5.11 Å². The van der Waals surface area contributed by atoms with Crippen LogP contribution in [-0.4, -0.2) is 44.7 Å². The van der Waals surface area contributed by atoms with E-state index in [-0.39, 0.29) is 23.2 Å². The lowest BCUT2D eigenvalue weighted by molar-refractivity contribution is 0.308. The van der Waals surface area contributed by atoms with Gasteiger partial charge in [0, 0.05) is 41.7 Å². The Morgan fingerprint density at radius 1 is 1.23 bits per heavy atom. The van der Waals surface area contributed by atoms with Gasteiger partial charge in [-0.2, -0.15) is 5.10 Å². The highest BCUT2D eigenvalue weighted by Gasteiger charge is 2.41. The minimum Gasteiger partial charge on any atom is -0.508 e. The lowest BCUT2D eigenvalue weighted by Crippen LogP contribution is -2.42. The zero-order valence-corrected chi connectivity index (χ0v) is 23.2. The Morgan fingerprint density at radius 3 is 2.69 bits per heavy atom. The van der Waals surface area contributed by atoms with E-state index in [0.717, 1.165) is 52.7 Å². The molecular formula is C30H37N7O2. The van der Waals surface area contributed by atoms with Gasteiger partial charge in [-0.25, -0.2) is 14.5 Å². The summed E-state index contributed by atoms with van der Waals surface area (Å²) in [5, 5.41) is 18.3. The first kappa shape index (κ1) is 26.5. The zero-order valence-electron chi connectivity index (χ0n) is 23.2. The predicted octanol–water partition coefficient (Wildman–Crippen LogP) is 4.95. The molecule has 1 saturated carbocycles. The maximum Gasteiger partial charge on any atom is 0.213 e. The second-order valence-corrected chi connectivity index (χ2v) is 10.9. The minimum atomic E-state index is -0.109. The number of nitrogens with one attached hydrogen (secondary N) is 1. The maximum atomic E-state index is 9.82. The van der Waals surface area contributed by atoms with Crippen LogP contribution in [0.2, 0.25) is 0 Å². The summed E-state index contributed by atoms with van der Waals surface area (Å²) in [7, 11) is 1.62. The molecule has 0 spiro atoms. The molecule has 2 unspecified atom stereocenters. The molecule has 0 aliphatic heterocycles. The van der Waals surface area contributed by atoms with Crippen molar-refractivity contribution < 1.29 is 9.84 Å². The van der Waals surface area contributed by atoms with Crippen LogP contribution in [0.15, 0.2) is 53.9 Å². The van der Waals surface area contributed by atoms with Crippen LogP contribution in [-0.2, 0) is 6.42 Å². The van der Waals surface area contributed by atoms with Crippen molar-refractivity contribution in [2.45, 2.75) is 59.0 Å². The number of phenolic OH excluding ortho intramolecular Hbond substituents is 1. The summed E-state index contributed by atoms with van der Waals surface area (Å²) < 4.78 is 7.21. The van der Waals surface area contributed by atoms with Gasteiger partial charge in [0.15, 0.2) is 0 Å². The fourth-order valence-corrected chi connectivity index (χ4v) is 5.43. The number of rotatable bonds is 7. The number of nitrogens with zero attached hydrogens (tertiary/aromatic N) is 4. The third-order valence-electron chi connectivity index (χ3n) is 8.14. The molecule has 1 aliphatic rings. The number of aromatic nitrogens is 3. The third kappa shape index (κ3) is 4.90. The molecule has 39 heavy (non-hydrogen) atoms. The average molecular weight is 528 g/mol. The van der Waals surface area contributed by atoms with Crippen molar-refractivity contribution in [2.24, 2.45) is 21.9 Å². The first-order valence-corrected chi connectivity index (χ1v) is 13.3. The van der Waals surface area contributed by atoms with Crippen LogP contribution in [0.3, 0.4) is 0 Å². The number of aliphatic imine (C=N–C) groups is 1. The largest absolute Gasteiger partial charge is 0.508 e. The Bertz CT molecular complexity index is 1560. The highest BCUT2D eigenvalue weighted by Crippen LogP contribution is 2.40. The molecule has 0 radical (unpaired) electrons. The molecule has 0 saturated heterocycles. The van der Waals surface area contributed by atoms with Gasteiger partial charge in [0.2, 0.25) is 5.88 Å². The second-order valence-electron chi connectivity index (χ2n) is 10.9. The van der Waals surface area contributed by atoms with Crippen molar-refractivity contribution in [3.8, 4) is 22.8 Å². The Balaban J connectivity index is 1.66. The zero-order chi connectivity index (χ0) is 27.9. The summed E-state index contributed by atoms with van der Waals surface area (Å²) in [4.78, 5) is 9.17. The second kappa shape index (κ2) is 10.2. The van der Waals surface area contributed by atoms with E-state index in [2.05, 4.69) is 37.1 Å². The molecule has 3 heterocycles. The summed E-state index contributed by atoms with van der Waals surface area (Å²) in [5.41, 5.74) is 20.2. The molecule has 9 nitrogen and oxygen atoms in total. The lowest BCUT2D eigenvalue weighted by Gasteiger charge is -2.32. The topological polar surface area (TPSA) is 136 Å². The fraction of sp³-hybridized carbons (Fsp3) is 0.367. The van der Waals surface area contributed by atoms with E-state index in [0.29, 0.717) is 23.0 Å². The summed E-state index contributed by atoms with van der Waals surface area (Å²) in [5.74, 6) is 1.12. The minimum absolute atomic E-state index is 0.0989. The number of hydrogen-bond donors (Lipinski definition) is 4. The number of pyridine rings is 1. The quantitative estimate of drug-likeness (QED) is 0.197. The molecule has 0 bridgehead atoms. The van der Waals surface area contributed by atoms with Crippen molar-refractivity contribution in [1.29, 1.82) is 0 Å². The molecule has 9 heteroatoms. The third-order valence-corrected chi connectivity index (χ3v) is 8.14. The van der Waals surface area contributed by atoms with Crippen molar-refractivity contribution in [1.82, 2.24) is 14.6 Å². The number of benzene rings is 1. The van der Waals surface area contributed by atoms with Crippen LogP contribution in [0.25, 0.3) is 16.6 Å². The molecule has 1 aliphatic carbocycles. The number of methoxy groups -OCH3 is 1. The molecule has 204 valence electrons. The van der Waals surface area contributed by atoms with Crippen molar-refractivity contribution in [2.75, 3.05) is 12.4 Å². The summed E-state index contributed by atoms with van der Waals surface area (Å²) in [6.45, 7) is 8.42. The number of aryl methyl sites for hydroxylation is 2. The first-order chi connectivity index (χ1) is 18.6. The van der Waals surface area contributed by atoms with E-state index in [4.69, 9.17) is 26.3 Å². The molecule has 5 rings (SSSR count). The van der Waals surface area contributed by atoms with Crippen LogP contribution in [0, 0.1) is 12.3 Å². The Hall–Kier alpha value is -4.11. The predicted molar refractivity (Wildman–Crippen MR) is 156 cm³/mol. The number of fused-ring (bicyclic) bond motifs is 1. The number of nitrogens with two attached hydrogens (primary N) is 2. The molecule has 3 aromatic heterocycles. The Morgan fingerprint density at radius 2 is 2.03 bits per heavy atom. The number of ether oxygens (including phenoxy) is 1. The smallest absolute Gasteiger partial charge is 0.213 e. The van der Waals surface area contributed by atoms with Crippen LogP contribution >= 0.6 is 0 Å². The fourth-order valence-electron chi connectivity index (χ4n) is 5.43. The number of amidine groups is 1. The summed E-state index contributed by atoms with van der Waals surface area (Å²) in [6.07, 6.45) is 8.35. The van der Waals surface area contributed by atoms with Gasteiger partial charge in [-0.3, -0.25) is 0 Å². The standard InChI is InChI=1S/C30H37N7O2/c1-6-18-13-27(39-5)33-14-21(18)19-12-24-28(36-26-10-9-25(31)30(26,3)4)22(15-34-37(24)16-19)29(32)35-23-8-7-20(38)11-17(23)2/h7-8,11-16,25-26,36,38H,6,9-10,31H2,1-5H3,(H2,32,35). The van der Waals surface area contributed by atoms with Crippen LogP contribution in [0.1, 0.15) is 50.3 Å². The highest BCUT2D eigenvalue weighted by atomic mass is 16.5. The average Bonchev–Trinajstić information content (AvgIpc) is 3.46. The molecular weight excluding hydrogens is 490 g/mol. The molecule has 0 amide bonds. The van der Waals surface area contributed by atoms with Gasteiger partial charge in [-0.1, -0.05) is 20.8 Å². The van der Waals surface area contributed by atoms with Crippen molar-refractivity contribution in [3.05, 3.63) is 65.6 Å². The van der Waals surface area contributed by atoms with E-state index >= 15 is 0 Å². The van der Waals surface area contributed by atoms with Gasteiger partial charge < -0.3 is 26.6 Å². The van der Waals surface area contributed by atoms with Gasteiger partial charge in [0.25, 0.3) is 0 Å². The maximum absolute atomic E-state index is 9.82. The molecule has 1 fully saturated rings. The van der Waals surface area contributed by atoms with Crippen LogP contribution in [0.4, 0.5) is 11.4 Å². The van der Waals surface area contributed by atoms with Crippen LogP contribution in [0.5, 0.6) is 11.6 Å². The molecule has 1 aromatic carbocycles. The summed E-state index contributed by atoms with van der Waals surface area (Å²) in [6, 6.07) is 9.37. The first-order valence-electron chi connectivity index (χ1n) is 13.3. The number of anilines is 1. The monoisotopic (exact) mass is 527 g/mol. The van der Waals surface area contributed by atoms with Gasteiger partial charge in [-0.05, 0) is 67.0 Å². The Labute approximate surface area is 228 Å². The number of aromatic hydroxyl groups is 1. The van der Waals surface area contributed by atoms with E-state index < -0.39 is 0 Å². The van der Waals surface area contributed by atoms with E-state index in [1.54, 1.807) is 31.5 Å². The van der Waals surface area contributed by atoms with Gasteiger partial charge in [0.05, 0.1) is 35.8 Å². The number of hydrogen-bond acceptors (Lipinski definition) is 7. The molecule has 2 atom stereocenters. The highest BCUT2D eigenvalue weighted by molar-refractivity contribution is 6.06. The van der Waals surface area contributed by atoms with Gasteiger partial charge in [0.1, 0.15) is 11.6 Å². The summed E-state index contributed by atoms with van der Waals surface area (Å²) >= 11 is 0. The van der Waals surface area contributed by atoms with Crippen LogP contribution < -0.4 is 21.5 Å². The van der Waals surface area contributed by atoms with Gasteiger partial charge >= 0.3 is 0 Å². The SMILES string of the molecule is CCc1cc(OC)ncc1-c1cc2c(NC3CCC(N)C3(C)C)c(/C(N)=N/c3ccc(O)cc3C)cnn2c1. The van der Waals surface area contributed by atoms with Gasteiger partial charge in [-0.15, -0.1) is 0 Å². The number of phenols is 1. The normalized spacial score (nSPS) is 19.0. The lowest BCUT2D eigenvalue weighted by atomic mass is 9.84. The molecule has 4 aromatic rings.